The number of anilines is 1. The van der Waals surface area contributed by atoms with Crippen molar-refractivity contribution in [3.8, 4) is 0 Å². The van der Waals surface area contributed by atoms with Crippen LogP contribution < -0.4 is 10.6 Å². The van der Waals surface area contributed by atoms with E-state index < -0.39 is 35.3 Å². The molecule has 180 valence electrons. The van der Waals surface area contributed by atoms with Crippen LogP contribution in [0, 0.1) is 5.82 Å². The van der Waals surface area contributed by atoms with E-state index in [2.05, 4.69) is 20.7 Å². The van der Waals surface area contributed by atoms with Crippen molar-refractivity contribution in [2.24, 2.45) is 4.99 Å². The lowest BCUT2D eigenvalue weighted by molar-refractivity contribution is -0.141. The first kappa shape index (κ1) is 25.0. The molecule has 0 saturated heterocycles. The molecule has 0 saturated carbocycles. The number of aliphatic imine (C=N–C) groups is 1. The summed E-state index contributed by atoms with van der Waals surface area (Å²) in [5.74, 6) is -2.34. The topological polar surface area (TPSA) is 82.2 Å². The van der Waals surface area contributed by atoms with Gasteiger partial charge in [-0.25, -0.2) is 4.39 Å². The standard InChI is InChI=1S/C20H13ClF7N5O/c21-14-7-13(22)6-3-11(14)9-29-18(30-16-8-15(32-33-16)20(26,27)28)31-17(34)10-1-4-12(5-2-10)19(23,24)25/h1-8H,9H2,(H3,29,30,31,32,33,34). The summed E-state index contributed by atoms with van der Waals surface area (Å²) in [4.78, 5) is 16.2. The number of hydrogen-bond acceptors (Lipinski definition) is 2. The highest BCUT2D eigenvalue weighted by Gasteiger charge is 2.33. The smallest absolute Gasteiger partial charge is 0.352 e. The minimum Gasteiger partial charge on any atom is -0.352 e. The van der Waals surface area contributed by atoms with Gasteiger partial charge in [0.15, 0.2) is 5.82 Å². The molecule has 0 spiro atoms. The molecule has 3 aromatic rings. The fourth-order valence-electron chi connectivity index (χ4n) is 2.58. The van der Waals surface area contributed by atoms with Crippen molar-refractivity contribution in [1.29, 1.82) is 0 Å². The van der Waals surface area contributed by atoms with Gasteiger partial charge in [-0.2, -0.15) is 36.4 Å². The number of aromatic nitrogens is 2. The number of hydrogen-bond donors (Lipinski definition) is 3. The summed E-state index contributed by atoms with van der Waals surface area (Å²) in [5.41, 5.74) is -2.01. The maximum atomic E-state index is 13.2. The number of benzene rings is 2. The fourth-order valence-corrected chi connectivity index (χ4v) is 2.81. The van der Waals surface area contributed by atoms with Crippen molar-refractivity contribution >= 4 is 29.3 Å². The number of guanidine groups is 1. The van der Waals surface area contributed by atoms with Crippen LogP contribution >= 0.6 is 11.6 Å². The summed E-state index contributed by atoms with van der Waals surface area (Å²) >= 11 is 5.94. The van der Waals surface area contributed by atoms with Gasteiger partial charge in [0.05, 0.1) is 5.56 Å². The summed E-state index contributed by atoms with van der Waals surface area (Å²) in [5, 5.41) is 10.2. The third kappa shape index (κ3) is 6.47. The quantitative estimate of drug-likeness (QED) is 0.243. The average Bonchev–Trinajstić information content (AvgIpc) is 3.21. The molecule has 0 aliphatic heterocycles. The Hall–Kier alpha value is -3.61. The monoisotopic (exact) mass is 507 g/mol. The highest BCUT2D eigenvalue weighted by molar-refractivity contribution is 6.31. The van der Waals surface area contributed by atoms with Gasteiger partial charge >= 0.3 is 12.4 Å². The van der Waals surface area contributed by atoms with E-state index in [1.54, 1.807) is 5.10 Å². The van der Waals surface area contributed by atoms with Crippen molar-refractivity contribution in [2.45, 2.75) is 18.9 Å². The Labute approximate surface area is 191 Å². The third-order valence-corrected chi connectivity index (χ3v) is 4.62. The van der Waals surface area contributed by atoms with Gasteiger partial charge in [0.25, 0.3) is 5.91 Å². The second kappa shape index (κ2) is 9.71. The lowest BCUT2D eigenvalue weighted by Gasteiger charge is -2.12. The van der Waals surface area contributed by atoms with Crippen LogP contribution in [0.15, 0.2) is 53.5 Å². The Morgan fingerprint density at radius 3 is 2.24 bits per heavy atom. The zero-order chi connectivity index (χ0) is 25.1. The molecule has 1 heterocycles. The van der Waals surface area contributed by atoms with Crippen LogP contribution in [0.25, 0.3) is 0 Å². The van der Waals surface area contributed by atoms with Crippen LogP contribution in [0.5, 0.6) is 0 Å². The molecule has 0 aliphatic carbocycles. The van der Waals surface area contributed by atoms with Crippen LogP contribution in [0.1, 0.15) is 27.2 Å². The Bertz CT molecular complexity index is 1200. The molecule has 0 radical (unpaired) electrons. The second-order valence-electron chi connectivity index (χ2n) is 6.72. The van der Waals surface area contributed by atoms with E-state index in [0.29, 0.717) is 23.8 Å². The fraction of sp³-hybridized carbons (Fsp3) is 0.150. The molecule has 1 aromatic heterocycles. The van der Waals surface area contributed by atoms with Crippen molar-refractivity contribution in [1.82, 2.24) is 15.5 Å². The van der Waals surface area contributed by atoms with E-state index in [1.807, 2.05) is 0 Å². The van der Waals surface area contributed by atoms with Gasteiger partial charge in [0.2, 0.25) is 5.96 Å². The van der Waals surface area contributed by atoms with Gasteiger partial charge in [0, 0.05) is 23.2 Å². The Morgan fingerprint density at radius 1 is 1.00 bits per heavy atom. The van der Waals surface area contributed by atoms with Gasteiger partial charge in [-0.1, -0.05) is 17.7 Å². The number of carbonyl (C=O) groups excluding carboxylic acids is 1. The highest BCUT2D eigenvalue weighted by Crippen LogP contribution is 2.30. The molecule has 6 nitrogen and oxygen atoms in total. The molecule has 14 heteroatoms. The van der Waals surface area contributed by atoms with Crippen molar-refractivity contribution < 1.29 is 35.5 Å². The molecule has 3 rings (SSSR count). The van der Waals surface area contributed by atoms with Gasteiger partial charge in [-0.05, 0) is 42.0 Å². The summed E-state index contributed by atoms with van der Waals surface area (Å²) in [7, 11) is 0. The largest absolute Gasteiger partial charge is 0.432 e. The Kier molecular flexibility index (Phi) is 7.15. The maximum Gasteiger partial charge on any atom is 0.432 e. The summed E-state index contributed by atoms with van der Waals surface area (Å²) in [6, 6.07) is 7.26. The van der Waals surface area contributed by atoms with Gasteiger partial charge in [-0.3, -0.25) is 9.89 Å². The summed E-state index contributed by atoms with van der Waals surface area (Å²) in [6.07, 6.45) is -9.32. The molecule has 3 N–H and O–H groups in total. The molecular formula is C20H13ClF7N5O. The van der Waals surface area contributed by atoms with Crippen LogP contribution in [-0.4, -0.2) is 22.1 Å². The van der Waals surface area contributed by atoms with Gasteiger partial charge in [0.1, 0.15) is 11.5 Å². The Balaban J connectivity index is 1.85. The minimum atomic E-state index is -4.71. The SMILES string of the molecule is O=C(/N=C(/NCc1ccc(F)cc1Cl)Nc1cc(C(F)(F)F)[nH]n1)c1ccc(C(F)(F)F)cc1. The van der Waals surface area contributed by atoms with Crippen LogP contribution in [0.4, 0.5) is 36.6 Å². The molecular weight excluding hydrogens is 495 g/mol. The predicted octanol–water partition coefficient (Wildman–Crippen LogP) is 5.64. The number of H-pyrrole nitrogens is 1. The van der Waals surface area contributed by atoms with E-state index >= 15 is 0 Å². The Morgan fingerprint density at radius 2 is 1.68 bits per heavy atom. The van der Waals surface area contributed by atoms with E-state index in [4.69, 9.17) is 11.6 Å². The maximum absolute atomic E-state index is 13.2. The molecule has 34 heavy (non-hydrogen) atoms. The molecule has 2 aromatic carbocycles. The van der Waals surface area contributed by atoms with Crippen LogP contribution in [-0.2, 0) is 18.9 Å². The highest BCUT2D eigenvalue weighted by atomic mass is 35.5. The van der Waals surface area contributed by atoms with Crippen LogP contribution in [0.3, 0.4) is 0 Å². The minimum absolute atomic E-state index is 0.0278. The van der Waals surface area contributed by atoms with Crippen molar-refractivity contribution in [3.63, 3.8) is 0 Å². The van der Waals surface area contributed by atoms with E-state index in [-0.39, 0.29) is 28.9 Å². The average molecular weight is 508 g/mol. The summed E-state index contributed by atoms with van der Waals surface area (Å²) in [6.45, 7) is -0.137. The number of halogens is 8. The van der Waals surface area contributed by atoms with Crippen LogP contribution in [0.2, 0.25) is 5.02 Å². The van der Waals surface area contributed by atoms with Gasteiger partial charge < -0.3 is 10.6 Å². The number of carbonyl (C=O) groups is 1. The number of nitrogens with zero attached hydrogens (tertiary/aromatic N) is 2. The lowest BCUT2D eigenvalue weighted by atomic mass is 10.1. The number of amides is 1. The molecule has 1 amide bonds. The first-order valence-electron chi connectivity index (χ1n) is 9.20. The molecule has 0 fully saturated rings. The number of aromatic amines is 1. The molecule has 0 unspecified atom stereocenters. The van der Waals surface area contributed by atoms with E-state index in [9.17, 15) is 35.5 Å². The van der Waals surface area contributed by atoms with Crippen molar-refractivity contribution in [3.05, 3.63) is 81.8 Å². The zero-order valence-corrected chi connectivity index (χ0v) is 17.4. The van der Waals surface area contributed by atoms with E-state index in [0.717, 1.165) is 24.3 Å². The van der Waals surface area contributed by atoms with E-state index in [1.165, 1.54) is 6.07 Å². The second-order valence-corrected chi connectivity index (χ2v) is 7.13. The number of alkyl halides is 6. The number of rotatable bonds is 4. The summed E-state index contributed by atoms with van der Waals surface area (Å²) < 4.78 is 89.8. The van der Waals surface area contributed by atoms with Crippen molar-refractivity contribution in [2.75, 3.05) is 5.32 Å². The number of nitrogens with one attached hydrogen (secondary N) is 3. The first-order valence-corrected chi connectivity index (χ1v) is 9.58. The predicted molar refractivity (Wildman–Crippen MR) is 109 cm³/mol. The lowest BCUT2D eigenvalue weighted by Crippen LogP contribution is -2.31. The first-order chi connectivity index (χ1) is 15.8. The molecule has 0 aliphatic rings. The van der Waals surface area contributed by atoms with Gasteiger partial charge in [-0.15, -0.1) is 0 Å². The third-order valence-electron chi connectivity index (χ3n) is 4.26. The zero-order valence-electron chi connectivity index (χ0n) is 16.7. The molecule has 0 bridgehead atoms. The normalized spacial score (nSPS) is 12.5. The molecule has 0 atom stereocenters.